The van der Waals surface area contributed by atoms with Gasteiger partial charge >= 0.3 is 0 Å². The average Bonchev–Trinajstić information content (AvgIpc) is 2.42. The van der Waals surface area contributed by atoms with Crippen LogP contribution in [0.2, 0.25) is 0 Å². The van der Waals surface area contributed by atoms with Gasteiger partial charge in [-0.05, 0) is 64.5 Å². The minimum atomic E-state index is 0.704. The maximum absolute atomic E-state index is 6.03. The molecule has 2 nitrogen and oxygen atoms in total. The van der Waals surface area contributed by atoms with Gasteiger partial charge in [-0.15, -0.1) is 5.47 Å². The third-order valence-electron chi connectivity index (χ3n) is 5.61. The van der Waals surface area contributed by atoms with Crippen molar-refractivity contribution in [2.75, 3.05) is 27.2 Å². The maximum atomic E-state index is 6.03. The highest BCUT2D eigenvalue weighted by Crippen LogP contribution is 2.37. The lowest BCUT2D eigenvalue weighted by Gasteiger charge is -2.42. The molecule has 0 spiro atoms. The first-order chi connectivity index (χ1) is 10.1. The lowest BCUT2D eigenvalue weighted by molar-refractivity contribution is 0.125. The van der Waals surface area contributed by atoms with Crippen molar-refractivity contribution in [2.45, 2.75) is 57.4 Å². The van der Waals surface area contributed by atoms with Crippen molar-refractivity contribution in [3.8, 4) is 0 Å². The number of likely N-dealkylation sites (tertiary alicyclic amines) is 1. The molecule has 0 bridgehead atoms. The van der Waals surface area contributed by atoms with E-state index in [0.29, 0.717) is 6.04 Å². The number of rotatable bonds is 3. The second-order valence-electron chi connectivity index (χ2n) is 7.26. The Bertz CT molecular complexity index is 424. The molecule has 3 rings (SSSR count). The molecule has 3 heteroatoms. The standard InChI is InChI=1S/C18H29BN2/c1-20(2)18(14-5-3-6-14)15-9-11-21(12-10-15)17-8-4-7-16(19)13-17/h7,15,17H,3-6,8-13H2,1-2H3/t17-/m0/s1. The zero-order valence-electron chi connectivity index (χ0n) is 13.8. The monoisotopic (exact) mass is 284 g/mol. The quantitative estimate of drug-likeness (QED) is 0.734. The Morgan fingerprint density at radius 2 is 1.90 bits per heavy atom. The fourth-order valence-electron chi connectivity index (χ4n) is 4.35. The normalized spacial score (nSPS) is 28.0. The summed E-state index contributed by atoms with van der Waals surface area (Å²) >= 11 is 0. The van der Waals surface area contributed by atoms with Gasteiger partial charge in [0.05, 0.1) is 0 Å². The van der Waals surface area contributed by atoms with Crippen LogP contribution in [-0.4, -0.2) is 50.9 Å². The Balaban J connectivity index is 1.58. The van der Waals surface area contributed by atoms with Crippen LogP contribution in [0.4, 0.5) is 0 Å². The van der Waals surface area contributed by atoms with Gasteiger partial charge in [-0.3, -0.25) is 0 Å². The molecule has 0 unspecified atom stereocenters. The van der Waals surface area contributed by atoms with E-state index in [1.54, 1.807) is 11.3 Å². The summed E-state index contributed by atoms with van der Waals surface area (Å²) in [5, 5.41) is 0. The number of hydrogen-bond acceptors (Lipinski definition) is 2. The van der Waals surface area contributed by atoms with Gasteiger partial charge in [0.25, 0.3) is 0 Å². The van der Waals surface area contributed by atoms with Crippen molar-refractivity contribution in [2.24, 2.45) is 5.92 Å². The van der Waals surface area contributed by atoms with E-state index in [1.165, 1.54) is 58.0 Å². The van der Waals surface area contributed by atoms with Crippen LogP contribution in [0.1, 0.15) is 51.4 Å². The van der Waals surface area contributed by atoms with Gasteiger partial charge in [-0.2, -0.15) is 0 Å². The fourth-order valence-corrected chi connectivity index (χ4v) is 4.35. The van der Waals surface area contributed by atoms with Gasteiger partial charge in [0.15, 0.2) is 0 Å². The van der Waals surface area contributed by atoms with Crippen molar-refractivity contribution < 1.29 is 0 Å². The summed E-state index contributed by atoms with van der Waals surface area (Å²) in [5.74, 6) is 0.794. The molecule has 2 fully saturated rings. The molecule has 2 radical (unpaired) electrons. The highest BCUT2D eigenvalue weighted by molar-refractivity contribution is 6.21. The zero-order chi connectivity index (χ0) is 14.8. The van der Waals surface area contributed by atoms with E-state index in [1.807, 2.05) is 0 Å². The minimum Gasteiger partial charge on any atom is -0.381 e. The van der Waals surface area contributed by atoms with E-state index >= 15 is 0 Å². The molecule has 0 aromatic carbocycles. The van der Waals surface area contributed by atoms with Gasteiger partial charge < -0.3 is 9.80 Å². The Kier molecular flexibility index (Phi) is 4.78. The van der Waals surface area contributed by atoms with Gasteiger partial charge in [-0.25, -0.2) is 0 Å². The second kappa shape index (κ2) is 6.60. The zero-order valence-corrected chi connectivity index (χ0v) is 13.8. The lowest BCUT2D eigenvalue weighted by atomic mass is 9.80. The molecule has 21 heavy (non-hydrogen) atoms. The molecule has 0 amide bonds. The molecule has 1 saturated carbocycles. The van der Waals surface area contributed by atoms with Gasteiger partial charge in [-0.1, -0.05) is 11.6 Å². The van der Waals surface area contributed by atoms with E-state index in [2.05, 4.69) is 30.0 Å². The predicted octanol–water partition coefficient (Wildman–Crippen LogP) is 3.30. The molecule has 1 aliphatic heterocycles. The number of hydrogen-bond donors (Lipinski definition) is 0. The molecule has 0 aromatic rings. The number of nitrogens with zero attached hydrogens (tertiary/aromatic N) is 2. The first kappa shape index (κ1) is 15.2. The summed E-state index contributed by atoms with van der Waals surface area (Å²) in [6, 6.07) is 0.704. The summed E-state index contributed by atoms with van der Waals surface area (Å²) in [7, 11) is 10.5. The summed E-state index contributed by atoms with van der Waals surface area (Å²) in [6.07, 6.45) is 12.5. The van der Waals surface area contributed by atoms with Crippen molar-refractivity contribution in [1.82, 2.24) is 9.80 Å². The average molecular weight is 284 g/mol. The first-order valence-corrected chi connectivity index (χ1v) is 8.73. The highest BCUT2D eigenvalue weighted by Gasteiger charge is 2.30. The molecule has 1 atom stereocenters. The summed E-state index contributed by atoms with van der Waals surface area (Å²) in [4.78, 5) is 5.10. The molecular weight excluding hydrogens is 255 g/mol. The van der Waals surface area contributed by atoms with Gasteiger partial charge in [0, 0.05) is 31.8 Å². The van der Waals surface area contributed by atoms with Crippen molar-refractivity contribution in [3.63, 3.8) is 0 Å². The van der Waals surface area contributed by atoms with Crippen molar-refractivity contribution in [3.05, 3.63) is 22.8 Å². The van der Waals surface area contributed by atoms with Crippen LogP contribution in [0.25, 0.3) is 0 Å². The summed E-state index contributed by atoms with van der Waals surface area (Å²) in [5.41, 5.74) is 4.52. The van der Waals surface area contributed by atoms with Crippen LogP contribution in [0, 0.1) is 5.92 Å². The highest BCUT2D eigenvalue weighted by atomic mass is 15.2. The summed E-state index contributed by atoms with van der Waals surface area (Å²) < 4.78 is 0. The van der Waals surface area contributed by atoms with Crippen molar-refractivity contribution >= 4 is 7.85 Å². The smallest absolute Gasteiger partial charge is 0.107 e. The molecule has 2 aliphatic carbocycles. The van der Waals surface area contributed by atoms with E-state index in [-0.39, 0.29) is 0 Å². The molecule has 3 aliphatic rings. The largest absolute Gasteiger partial charge is 0.381 e. The first-order valence-electron chi connectivity index (χ1n) is 8.73. The fraction of sp³-hybridized carbons (Fsp3) is 0.778. The van der Waals surface area contributed by atoms with Gasteiger partial charge in [0.1, 0.15) is 7.85 Å². The molecule has 0 N–H and O–H groups in total. The maximum Gasteiger partial charge on any atom is 0.107 e. The van der Waals surface area contributed by atoms with E-state index in [4.69, 9.17) is 7.85 Å². The Labute approximate surface area is 131 Å². The molecule has 1 heterocycles. The van der Waals surface area contributed by atoms with Gasteiger partial charge in [0.2, 0.25) is 0 Å². The van der Waals surface area contributed by atoms with Crippen LogP contribution in [0.15, 0.2) is 22.8 Å². The SMILES string of the molecule is [B]C1=CCC[C@H](N2CCC(C(=C3CCC3)N(C)C)CC2)C1. The molecular formula is C18H29BN2. The Hall–Kier alpha value is -0.695. The molecule has 1 saturated heterocycles. The van der Waals surface area contributed by atoms with Crippen LogP contribution >= 0.6 is 0 Å². The van der Waals surface area contributed by atoms with Crippen molar-refractivity contribution in [1.29, 1.82) is 0 Å². The molecule has 114 valence electrons. The Morgan fingerprint density at radius 1 is 1.19 bits per heavy atom. The van der Waals surface area contributed by atoms with Crippen LogP contribution in [0.3, 0.4) is 0 Å². The number of piperidine rings is 1. The number of allylic oxidation sites excluding steroid dienone is 3. The third kappa shape index (κ3) is 3.39. The van der Waals surface area contributed by atoms with Crippen LogP contribution < -0.4 is 0 Å². The summed E-state index contributed by atoms with van der Waals surface area (Å²) in [6.45, 7) is 2.51. The second-order valence-corrected chi connectivity index (χ2v) is 7.26. The Morgan fingerprint density at radius 3 is 2.43 bits per heavy atom. The van der Waals surface area contributed by atoms with E-state index < -0.39 is 0 Å². The van der Waals surface area contributed by atoms with Crippen LogP contribution in [0.5, 0.6) is 0 Å². The lowest BCUT2D eigenvalue weighted by Crippen LogP contribution is -2.43. The van der Waals surface area contributed by atoms with Crippen LogP contribution in [-0.2, 0) is 0 Å². The predicted molar refractivity (Wildman–Crippen MR) is 90.3 cm³/mol. The minimum absolute atomic E-state index is 0.704. The van der Waals surface area contributed by atoms with E-state index in [9.17, 15) is 0 Å². The molecule has 0 aromatic heterocycles. The topological polar surface area (TPSA) is 6.48 Å². The van der Waals surface area contributed by atoms with E-state index in [0.717, 1.165) is 17.8 Å². The third-order valence-corrected chi connectivity index (χ3v) is 5.61.